The molecule has 8 nitrogen and oxygen atoms in total. The lowest BCUT2D eigenvalue weighted by molar-refractivity contribution is 0.0903. The minimum atomic E-state index is -0.181. The number of rotatable bonds is 4. The van der Waals surface area contributed by atoms with Gasteiger partial charge < -0.3 is 18.8 Å². The topological polar surface area (TPSA) is 99.0 Å². The Bertz CT molecular complexity index is 949. The fourth-order valence-corrected chi connectivity index (χ4v) is 3.56. The summed E-state index contributed by atoms with van der Waals surface area (Å²) in [5.74, 6) is 3.56. The molecule has 1 amide bonds. The van der Waals surface area contributed by atoms with Crippen molar-refractivity contribution in [2.75, 3.05) is 0 Å². The Morgan fingerprint density at radius 1 is 1.26 bits per heavy atom. The number of furan rings is 1. The SMILES string of the molecule is Cc1noc(C)c1Cc1ccc(C(=O)NC2CCc3nnc(C)n3CC2)o1. The van der Waals surface area contributed by atoms with Gasteiger partial charge in [0.1, 0.15) is 23.2 Å². The second-order valence-corrected chi connectivity index (χ2v) is 7.06. The van der Waals surface area contributed by atoms with Crippen molar-refractivity contribution in [2.45, 2.75) is 59.0 Å². The first-order chi connectivity index (χ1) is 13.0. The van der Waals surface area contributed by atoms with E-state index in [1.165, 1.54) is 0 Å². The Kier molecular flexibility index (Phi) is 4.55. The van der Waals surface area contributed by atoms with Crippen LogP contribution in [-0.2, 0) is 19.4 Å². The van der Waals surface area contributed by atoms with Gasteiger partial charge in [0.25, 0.3) is 5.91 Å². The van der Waals surface area contributed by atoms with E-state index in [1.807, 2.05) is 26.8 Å². The van der Waals surface area contributed by atoms with Crippen LogP contribution in [0.25, 0.3) is 0 Å². The van der Waals surface area contributed by atoms with Crippen molar-refractivity contribution in [1.29, 1.82) is 0 Å². The molecule has 0 aromatic carbocycles. The predicted molar refractivity (Wildman–Crippen MR) is 96.4 cm³/mol. The van der Waals surface area contributed by atoms with Gasteiger partial charge in [-0.15, -0.1) is 10.2 Å². The molecule has 3 aromatic rings. The molecule has 3 aromatic heterocycles. The van der Waals surface area contributed by atoms with Crippen LogP contribution < -0.4 is 5.32 Å². The summed E-state index contributed by atoms with van der Waals surface area (Å²) in [7, 11) is 0. The standard InChI is InChI=1S/C19H23N5O3/c1-11-16(12(2)27-23-11)10-15-5-6-17(26-15)19(25)20-14-4-7-18-22-21-13(3)24(18)9-8-14/h5-6,14H,4,7-10H2,1-3H3,(H,20,25). The van der Waals surface area contributed by atoms with Crippen LogP contribution in [-0.4, -0.2) is 31.9 Å². The van der Waals surface area contributed by atoms with Crippen molar-refractivity contribution in [1.82, 2.24) is 25.2 Å². The van der Waals surface area contributed by atoms with E-state index < -0.39 is 0 Å². The summed E-state index contributed by atoms with van der Waals surface area (Å²) in [6.45, 7) is 6.55. The zero-order valence-corrected chi connectivity index (χ0v) is 15.8. The fourth-order valence-electron chi connectivity index (χ4n) is 3.56. The number of fused-ring (bicyclic) bond motifs is 1. The Morgan fingerprint density at radius 2 is 2.11 bits per heavy atom. The van der Waals surface area contributed by atoms with Gasteiger partial charge in [0.05, 0.1) is 5.69 Å². The molecular weight excluding hydrogens is 346 g/mol. The van der Waals surface area contributed by atoms with E-state index in [1.54, 1.807) is 6.07 Å². The molecule has 0 saturated heterocycles. The normalized spacial score (nSPS) is 16.8. The average molecular weight is 369 g/mol. The van der Waals surface area contributed by atoms with Crippen molar-refractivity contribution >= 4 is 5.91 Å². The number of amides is 1. The van der Waals surface area contributed by atoms with E-state index >= 15 is 0 Å². The van der Waals surface area contributed by atoms with Crippen LogP contribution in [0.2, 0.25) is 0 Å². The number of aryl methyl sites for hydroxylation is 4. The second-order valence-electron chi connectivity index (χ2n) is 7.06. The van der Waals surface area contributed by atoms with E-state index in [-0.39, 0.29) is 11.9 Å². The minimum Gasteiger partial charge on any atom is -0.456 e. The number of carbonyl (C=O) groups is 1. The van der Waals surface area contributed by atoms with E-state index in [9.17, 15) is 4.79 Å². The largest absolute Gasteiger partial charge is 0.456 e. The summed E-state index contributed by atoms with van der Waals surface area (Å²) < 4.78 is 13.1. The van der Waals surface area contributed by atoms with Crippen molar-refractivity contribution < 1.29 is 13.7 Å². The molecule has 1 atom stereocenters. The van der Waals surface area contributed by atoms with Gasteiger partial charge in [0.15, 0.2) is 5.76 Å². The van der Waals surface area contributed by atoms with Gasteiger partial charge in [-0.3, -0.25) is 4.79 Å². The fraction of sp³-hybridized carbons (Fsp3) is 0.474. The number of aromatic nitrogens is 4. The highest BCUT2D eigenvalue weighted by atomic mass is 16.5. The Balaban J connectivity index is 1.38. The van der Waals surface area contributed by atoms with Crippen molar-refractivity contribution in [3.05, 3.63) is 52.3 Å². The predicted octanol–water partition coefficient (Wildman–Crippen LogP) is 2.51. The summed E-state index contributed by atoms with van der Waals surface area (Å²) in [5, 5.41) is 15.4. The maximum Gasteiger partial charge on any atom is 0.287 e. The Hall–Kier alpha value is -2.90. The minimum absolute atomic E-state index is 0.0923. The molecular formula is C19H23N5O3. The summed E-state index contributed by atoms with van der Waals surface area (Å²) in [4.78, 5) is 12.6. The first kappa shape index (κ1) is 17.5. The number of nitrogens with zero attached hydrogens (tertiary/aromatic N) is 4. The zero-order valence-electron chi connectivity index (χ0n) is 15.8. The maximum absolute atomic E-state index is 12.6. The first-order valence-electron chi connectivity index (χ1n) is 9.21. The average Bonchev–Trinajstić information content (AvgIpc) is 3.30. The third kappa shape index (κ3) is 3.51. The van der Waals surface area contributed by atoms with Crippen LogP contribution in [0.15, 0.2) is 21.1 Å². The van der Waals surface area contributed by atoms with Gasteiger partial charge in [-0.25, -0.2) is 0 Å². The van der Waals surface area contributed by atoms with Crippen LogP contribution in [0, 0.1) is 20.8 Å². The van der Waals surface area contributed by atoms with Gasteiger partial charge in [0, 0.05) is 31.0 Å². The molecule has 1 unspecified atom stereocenters. The Morgan fingerprint density at radius 3 is 2.89 bits per heavy atom. The summed E-state index contributed by atoms with van der Waals surface area (Å²) in [6.07, 6.45) is 3.06. The number of hydrogen-bond donors (Lipinski definition) is 1. The molecule has 0 saturated carbocycles. The van der Waals surface area contributed by atoms with Crippen molar-refractivity contribution in [3.63, 3.8) is 0 Å². The molecule has 27 heavy (non-hydrogen) atoms. The van der Waals surface area contributed by atoms with Gasteiger partial charge in [-0.2, -0.15) is 0 Å². The van der Waals surface area contributed by atoms with Crippen molar-refractivity contribution in [2.24, 2.45) is 0 Å². The van der Waals surface area contributed by atoms with Crippen LogP contribution in [0.3, 0.4) is 0 Å². The van der Waals surface area contributed by atoms with Gasteiger partial charge >= 0.3 is 0 Å². The summed E-state index contributed by atoms with van der Waals surface area (Å²) >= 11 is 0. The lowest BCUT2D eigenvalue weighted by Gasteiger charge is -2.15. The highest BCUT2D eigenvalue weighted by molar-refractivity contribution is 5.91. The molecule has 1 aliphatic heterocycles. The smallest absolute Gasteiger partial charge is 0.287 e. The van der Waals surface area contributed by atoms with Gasteiger partial charge in [0.2, 0.25) is 0 Å². The zero-order chi connectivity index (χ0) is 19.0. The third-order valence-electron chi connectivity index (χ3n) is 5.18. The summed E-state index contributed by atoms with van der Waals surface area (Å²) in [6, 6.07) is 3.65. The van der Waals surface area contributed by atoms with Crippen LogP contribution in [0.5, 0.6) is 0 Å². The molecule has 0 bridgehead atoms. The monoisotopic (exact) mass is 369 g/mol. The molecule has 4 heterocycles. The summed E-state index contributed by atoms with van der Waals surface area (Å²) in [5.41, 5.74) is 1.84. The van der Waals surface area contributed by atoms with E-state index in [4.69, 9.17) is 8.94 Å². The van der Waals surface area contributed by atoms with Gasteiger partial charge in [-0.05, 0) is 45.7 Å². The van der Waals surface area contributed by atoms with Crippen molar-refractivity contribution in [3.8, 4) is 0 Å². The van der Waals surface area contributed by atoms with E-state index in [2.05, 4.69) is 25.2 Å². The number of hydrogen-bond acceptors (Lipinski definition) is 6. The number of nitrogens with one attached hydrogen (secondary N) is 1. The molecule has 142 valence electrons. The molecule has 0 fully saturated rings. The molecule has 0 spiro atoms. The maximum atomic E-state index is 12.6. The van der Waals surface area contributed by atoms with E-state index in [0.717, 1.165) is 60.2 Å². The molecule has 1 aliphatic rings. The highest BCUT2D eigenvalue weighted by Gasteiger charge is 2.22. The van der Waals surface area contributed by atoms with Crippen LogP contribution in [0.1, 0.15) is 57.8 Å². The van der Waals surface area contributed by atoms with Crippen LogP contribution in [0.4, 0.5) is 0 Å². The molecule has 1 N–H and O–H groups in total. The molecule has 8 heteroatoms. The third-order valence-corrected chi connectivity index (χ3v) is 5.18. The second kappa shape index (κ2) is 7.02. The number of carbonyl (C=O) groups excluding carboxylic acids is 1. The molecule has 0 aliphatic carbocycles. The lowest BCUT2D eigenvalue weighted by Crippen LogP contribution is -2.35. The molecule has 0 radical (unpaired) electrons. The Labute approximate surface area is 156 Å². The van der Waals surface area contributed by atoms with E-state index in [0.29, 0.717) is 12.2 Å². The van der Waals surface area contributed by atoms with Crippen LogP contribution >= 0.6 is 0 Å². The highest BCUT2D eigenvalue weighted by Crippen LogP contribution is 2.20. The molecule has 4 rings (SSSR count). The lowest BCUT2D eigenvalue weighted by atomic mass is 10.1. The first-order valence-corrected chi connectivity index (χ1v) is 9.21. The quantitative estimate of drug-likeness (QED) is 0.759. The van der Waals surface area contributed by atoms with Gasteiger partial charge in [-0.1, -0.05) is 5.16 Å².